The summed E-state index contributed by atoms with van der Waals surface area (Å²) in [6.07, 6.45) is 2.01. The Bertz CT molecular complexity index is 560. The van der Waals surface area contributed by atoms with Crippen LogP contribution in [0.3, 0.4) is 0 Å². The maximum atomic E-state index is 5.50. The number of nitrogens with one attached hydrogen (secondary N) is 2. The Labute approximate surface area is 138 Å². The predicted octanol–water partition coefficient (Wildman–Crippen LogP) is 1.83. The molecule has 0 bridgehead atoms. The average Bonchev–Trinajstić information content (AvgIpc) is 3.27. The molecule has 0 spiro atoms. The van der Waals surface area contributed by atoms with Gasteiger partial charge >= 0.3 is 0 Å². The summed E-state index contributed by atoms with van der Waals surface area (Å²) in [5.74, 6) is 3.59. The van der Waals surface area contributed by atoms with Crippen LogP contribution in [-0.2, 0) is 6.42 Å². The first-order valence-corrected chi connectivity index (χ1v) is 7.89. The molecular formula is C17H27N3O3. The molecule has 0 amide bonds. The molecule has 2 atom stereocenters. The summed E-state index contributed by atoms with van der Waals surface area (Å²) in [6, 6.07) is 4.45. The van der Waals surface area contributed by atoms with Crippen molar-refractivity contribution in [1.29, 1.82) is 0 Å². The summed E-state index contributed by atoms with van der Waals surface area (Å²) in [4.78, 5) is 4.26. The molecule has 0 heterocycles. The molecule has 2 unspecified atom stereocenters. The fraction of sp³-hybridized carbons (Fsp3) is 0.588. The lowest BCUT2D eigenvalue weighted by molar-refractivity contribution is 0.322. The van der Waals surface area contributed by atoms with E-state index in [1.165, 1.54) is 6.42 Å². The van der Waals surface area contributed by atoms with Gasteiger partial charge in [-0.15, -0.1) is 0 Å². The van der Waals surface area contributed by atoms with Crippen molar-refractivity contribution in [2.75, 3.05) is 34.9 Å². The van der Waals surface area contributed by atoms with Crippen LogP contribution in [-0.4, -0.2) is 46.9 Å². The minimum absolute atomic E-state index is 0.553. The first kappa shape index (κ1) is 17.2. The SMILES string of the molecule is CN=C(NCCc1ccc(OC)c(OC)c1OC)NC1CC1C. The fourth-order valence-corrected chi connectivity index (χ4v) is 2.57. The molecule has 128 valence electrons. The van der Waals surface area contributed by atoms with E-state index in [9.17, 15) is 0 Å². The first-order chi connectivity index (χ1) is 11.1. The van der Waals surface area contributed by atoms with Gasteiger partial charge in [0.2, 0.25) is 5.75 Å². The van der Waals surface area contributed by atoms with Crippen molar-refractivity contribution >= 4 is 5.96 Å². The van der Waals surface area contributed by atoms with E-state index < -0.39 is 0 Å². The summed E-state index contributed by atoms with van der Waals surface area (Å²) in [6.45, 7) is 2.99. The quantitative estimate of drug-likeness (QED) is 0.592. The summed E-state index contributed by atoms with van der Waals surface area (Å²) in [5.41, 5.74) is 1.06. The van der Waals surface area contributed by atoms with Crippen molar-refractivity contribution in [3.63, 3.8) is 0 Å². The zero-order valence-electron chi connectivity index (χ0n) is 14.6. The molecule has 2 rings (SSSR count). The number of methoxy groups -OCH3 is 3. The largest absolute Gasteiger partial charge is 0.493 e. The molecule has 1 saturated carbocycles. The zero-order chi connectivity index (χ0) is 16.8. The van der Waals surface area contributed by atoms with E-state index in [0.717, 1.165) is 30.4 Å². The number of guanidine groups is 1. The number of ether oxygens (including phenoxy) is 3. The highest BCUT2D eigenvalue weighted by Crippen LogP contribution is 2.39. The van der Waals surface area contributed by atoms with E-state index in [1.54, 1.807) is 28.4 Å². The Morgan fingerprint density at radius 2 is 1.87 bits per heavy atom. The summed E-state index contributed by atoms with van der Waals surface area (Å²) >= 11 is 0. The first-order valence-electron chi connectivity index (χ1n) is 7.89. The standard InChI is InChI=1S/C17H27N3O3/c1-11-10-13(11)20-17(18-2)19-9-8-12-6-7-14(21-3)16(23-5)15(12)22-4/h6-7,11,13H,8-10H2,1-5H3,(H2,18,19,20). The topological polar surface area (TPSA) is 64.1 Å². The number of rotatable bonds is 7. The maximum Gasteiger partial charge on any atom is 0.203 e. The normalized spacial score (nSPS) is 20.0. The third-order valence-electron chi connectivity index (χ3n) is 4.13. The lowest BCUT2D eigenvalue weighted by atomic mass is 10.1. The highest BCUT2D eigenvalue weighted by molar-refractivity contribution is 5.80. The Morgan fingerprint density at radius 1 is 1.17 bits per heavy atom. The summed E-state index contributed by atoms with van der Waals surface area (Å²) < 4.78 is 16.2. The number of benzene rings is 1. The van der Waals surface area contributed by atoms with Gasteiger partial charge in [-0.25, -0.2) is 0 Å². The Balaban J connectivity index is 1.97. The van der Waals surface area contributed by atoms with Crippen LogP contribution in [0.2, 0.25) is 0 Å². The van der Waals surface area contributed by atoms with Crippen molar-refractivity contribution in [3.8, 4) is 17.2 Å². The molecule has 23 heavy (non-hydrogen) atoms. The molecule has 6 heteroatoms. The minimum Gasteiger partial charge on any atom is -0.493 e. The van der Waals surface area contributed by atoms with E-state index in [-0.39, 0.29) is 0 Å². The predicted molar refractivity (Wildman–Crippen MR) is 91.9 cm³/mol. The third-order valence-corrected chi connectivity index (χ3v) is 4.13. The molecule has 1 aromatic rings. The molecule has 0 aliphatic heterocycles. The van der Waals surface area contributed by atoms with Crippen molar-refractivity contribution in [3.05, 3.63) is 17.7 Å². The number of hydrogen-bond donors (Lipinski definition) is 2. The van der Waals surface area contributed by atoms with Gasteiger partial charge in [-0.2, -0.15) is 0 Å². The van der Waals surface area contributed by atoms with Crippen molar-refractivity contribution < 1.29 is 14.2 Å². The van der Waals surface area contributed by atoms with E-state index in [0.29, 0.717) is 23.3 Å². The molecule has 1 aliphatic carbocycles. The van der Waals surface area contributed by atoms with Crippen LogP contribution in [0.4, 0.5) is 0 Å². The zero-order valence-corrected chi connectivity index (χ0v) is 14.6. The van der Waals surface area contributed by atoms with E-state index in [2.05, 4.69) is 22.5 Å². The lowest BCUT2D eigenvalue weighted by Gasteiger charge is -2.16. The molecule has 6 nitrogen and oxygen atoms in total. The maximum absolute atomic E-state index is 5.50. The van der Waals surface area contributed by atoms with Crippen LogP contribution >= 0.6 is 0 Å². The Morgan fingerprint density at radius 3 is 2.39 bits per heavy atom. The van der Waals surface area contributed by atoms with Crippen LogP contribution in [0.25, 0.3) is 0 Å². The van der Waals surface area contributed by atoms with Crippen LogP contribution in [0, 0.1) is 5.92 Å². The Kier molecular flexibility index (Phi) is 5.96. The van der Waals surface area contributed by atoms with Gasteiger partial charge in [-0.3, -0.25) is 4.99 Å². The van der Waals surface area contributed by atoms with Gasteiger partial charge in [0.25, 0.3) is 0 Å². The van der Waals surface area contributed by atoms with Crippen LogP contribution in [0.15, 0.2) is 17.1 Å². The minimum atomic E-state index is 0.553. The number of nitrogens with zero attached hydrogens (tertiary/aromatic N) is 1. The van der Waals surface area contributed by atoms with E-state index in [1.807, 2.05) is 12.1 Å². The second-order valence-electron chi connectivity index (χ2n) is 5.71. The smallest absolute Gasteiger partial charge is 0.203 e. The van der Waals surface area contributed by atoms with Gasteiger partial charge in [0.15, 0.2) is 17.5 Å². The van der Waals surface area contributed by atoms with Crippen LogP contribution in [0.1, 0.15) is 18.9 Å². The van der Waals surface area contributed by atoms with Crippen LogP contribution < -0.4 is 24.8 Å². The van der Waals surface area contributed by atoms with Crippen molar-refractivity contribution in [2.24, 2.45) is 10.9 Å². The molecule has 1 aromatic carbocycles. The monoisotopic (exact) mass is 321 g/mol. The van der Waals surface area contributed by atoms with Crippen molar-refractivity contribution in [1.82, 2.24) is 10.6 Å². The molecule has 1 fully saturated rings. The molecule has 2 N–H and O–H groups in total. The third kappa shape index (κ3) is 4.21. The second kappa shape index (κ2) is 7.94. The number of hydrogen-bond acceptors (Lipinski definition) is 4. The van der Waals surface area contributed by atoms with Gasteiger partial charge in [-0.1, -0.05) is 13.0 Å². The van der Waals surface area contributed by atoms with Gasteiger partial charge in [0, 0.05) is 25.2 Å². The summed E-state index contributed by atoms with van der Waals surface area (Å²) in [7, 11) is 6.67. The van der Waals surface area contributed by atoms with E-state index in [4.69, 9.17) is 14.2 Å². The van der Waals surface area contributed by atoms with Gasteiger partial charge < -0.3 is 24.8 Å². The Hall–Kier alpha value is -2.11. The van der Waals surface area contributed by atoms with Gasteiger partial charge in [0.1, 0.15) is 0 Å². The molecule has 0 saturated heterocycles. The van der Waals surface area contributed by atoms with Crippen LogP contribution in [0.5, 0.6) is 17.2 Å². The molecular weight excluding hydrogens is 294 g/mol. The second-order valence-corrected chi connectivity index (χ2v) is 5.71. The summed E-state index contributed by atoms with van der Waals surface area (Å²) in [5, 5.41) is 6.75. The molecule has 0 radical (unpaired) electrons. The molecule has 1 aliphatic rings. The van der Waals surface area contributed by atoms with E-state index >= 15 is 0 Å². The fourth-order valence-electron chi connectivity index (χ4n) is 2.57. The number of aliphatic imine (C=N–C) groups is 1. The van der Waals surface area contributed by atoms with Crippen molar-refractivity contribution in [2.45, 2.75) is 25.8 Å². The highest BCUT2D eigenvalue weighted by Gasteiger charge is 2.33. The molecule has 0 aromatic heterocycles. The van der Waals surface area contributed by atoms with Gasteiger partial charge in [0.05, 0.1) is 21.3 Å². The lowest BCUT2D eigenvalue weighted by Crippen LogP contribution is -2.39. The van der Waals surface area contributed by atoms with Gasteiger partial charge in [-0.05, 0) is 24.8 Å². The average molecular weight is 321 g/mol. The highest BCUT2D eigenvalue weighted by atomic mass is 16.5.